The third-order valence-corrected chi connectivity index (χ3v) is 10.2. The van der Waals surface area contributed by atoms with Crippen LogP contribution >= 0.6 is 0 Å². The molecule has 20 heteroatoms. The number of nitrogens with one attached hydrogen (secondary N) is 7. The number of hydrogen-bond acceptors (Lipinski definition) is 10. The summed E-state index contributed by atoms with van der Waals surface area (Å²) < 4.78 is 5.21. The van der Waals surface area contributed by atoms with E-state index < -0.39 is 84.8 Å². The zero-order valence-electron chi connectivity index (χ0n) is 37.2. The summed E-state index contributed by atoms with van der Waals surface area (Å²) in [6.45, 7) is 0.537. The van der Waals surface area contributed by atoms with Crippen LogP contribution < -0.4 is 37.2 Å². The van der Waals surface area contributed by atoms with Gasteiger partial charge in [-0.15, -0.1) is 0 Å². The molecule has 0 saturated heterocycles. The van der Waals surface area contributed by atoms with Gasteiger partial charge in [0.05, 0.1) is 0 Å². The Morgan fingerprint density at radius 3 is 1.49 bits per heavy atom. The lowest BCUT2D eigenvalue weighted by Crippen LogP contribution is -2.55. The molecule has 0 fully saturated rings. The minimum Gasteiger partial charge on any atom is -0.481 e. The maximum Gasteiger partial charge on any atom is 0.407 e. The SMILES string of the molecule is O=C(O)CC[C@H](NC(=O)N[C@@H](CCC(=O)NCCCCCCCC(=O)N[C@@H](Cc1ccccc1)C(=O)N[C@@H](Cc1ccccc1)C(=O)NCCNC(=O)OCc1ccccc1)C(=O)O)C(=O)O. The van der Waals surface area contributed by atoms with Gasteiger partial charge in [-0.25, -0.2) is 19.2 Å². The van der Waals surface area contributed by atoms with E-state index in [2.05, 4.69) is 31.9 Å². The molecule has 0 radical (unpaired) electrons. The monoisotopic (exact) mass is 931 g/mol. The van der Waals surface area contributed by atoms with Crippen LogP contribution in [0.4, 0.5) is 9.59 Å². The van der Waals surface area contributed by atoms with Gasteiger partial charge in [-0.1, -0.05) is 110 Å². The number of urea groups is 1. The minimum atomic E-state index is -1.55. The number of carboxylic acid groups (broad SMARTS) is 3. The predicted octanol–water partition coefficient (Wildman–Crippen LogP) is 2.79. The molecule has 0 aromatic heterocycles. The zero-order chi connectivity index (χ0) is 48.8. The fraction of sp³-hybridized carbons (Fsp3) is 0.426. The summed E-state index contributed by atoms with van der Waals surface area (Å²) >= 11 is 0. The highest BCUT2D eigenvalue weighted by Gasteiger charge is 2.28. The van der Waals surface area contributed by atoms with E-state index in [1.807, 2.05) is 96.3 Å². The second-order valence-electron chi connectivity index (χ2n) is 15.6. The number of unbranched alkanes of at least 4 members (excludes halogenated alkanes) is 4. The number of alkyl carbamates (subject to hydrolysis) is 1. The van der Waals surface area contributed by atoms with Crippen molar-refractivity contribution in [3.05, 3.63) is 108 Å². The number of carboxylic acids is 3. The van der Waals surface area contributed by atoms with Gasteiger partial charge in [-0.3, -0.25) is 24.0 Å². The van der Waals surface area contributed by atoms with E-state index in [0.717, 1.165) is 23.1 Å². The number of benzene rings is 3. The van der Waals surface area contributed by atoms with Crippen molar-refractivity contribution in [3.63, 3.8) is 0 Å². The summed E-state index contributed by atoms with van der Waals surface area (Å²) in [5.74, 6) is -6.02. The van der Waals surface area contributed by atoms with Gasteiger partial charge < -0.3 is 57.3 Å². The molecule has 0 heterocycles. The first-order valence-corrected chi connectivity index (χ1v) is 22.1. The molecule has 7 amide bonds. The van der Waals surface area contributed by atoms with E-state index in [0.29, 0.717) is 32.2 Å². The second kappa shape index (κ2) is 30.6. The lowest BCUT2D eigenvalue weighted by atomic mass is 10.0. The van der Waals surface area contributed by atoms with E-state index in [9.17, 15) is 53.4 Å². The van der Waals surface area contributed by atoms with E-state index in [4.69, 9.17) is 9.84 Å². The second-order valence-corrected chi connectivity index (χ2v) is 15.6. The molecule has 3 aromatic carbocycles. The molecule has 0 saturated carbocycles. The number of carbonyl (C=O) groups is 9. The first-order valence-electron chi connectivity index (χ1n) is 22.1. The summed E-state index contributed by atoms with van der Waals surface area (Å²) in [5.41, 5.74) is 2.42. The Balaban J connectivity index is 1.42. The van der Waals surface area contributed by atoms with Crippen molar-refractivity contribution in [2.45, 2.75) is 108 Å². The quantitative estimate of drug-likeness (QED) is 0.0416. The van der Waals surface area contributed by atoms with Crippen LogP contribution in [0.1, 0.15) is 80.9 Å². The number of aliphatic carboxylic acids is 3. The highest BCUT2D eigenvalue weighted by atomic mass is 16.5. The summed E-state index contributed by atoms with van der Waals surface area (Å²) in [6.07, 6.45) is 1.62. The Hall–Kier alpha value is -7.51. The summed E-state index contributed by atoms with van der Waals surface area (Å²) in [6, 6.07) is 21.3. The lowest BCUT2D eigenvalue weighted by Gasteiger charge is -2.24. The van der Waals surface area contributed by atoms with Crippen LogP contribution in [0.15, 0.2) is 91.0 Å². The average Bonchev–Trinajstić information content (AvgIpc) is 3.30. The maximum atomic E-state index is 13.9. The Bertz CT molecular complexity index is 2060. The van der Waals surface area contributed by atoms with Crippen LogP contribution in [-0.2, 0) is 57.7 Å². The average molecular weight is 932 g/mol. The van der Waals surface area contributed by atoms with Gasteiger partial charge in [0, 0.05) is 51.7 Å². The molecular weight excluding hydrogens is 871 g/mol. The molecule has 4 atom stereocenters. The van der Waals surface area contributed by atoms with Crippen molar-refractivity contribution < 1.29 is 63.2 Å². The van der Waals surface area contributed by atoms with Crippen molar-refractivity contribution in [2.24, 2.45) is 0 Å². The highest BCUT2D eigenvalue weighted by Crippen LogP contribution is 2.10. The van der Waals surface area contributed by atoms with E-state index in [-0.39, 0.29) is 57.7 Å². The molecule has 0 unspecified atom stereocenters. The van der Waals surface area contributed by atoms with Crippen LogP contribution in [-0.4, -0.2) is 113 Å². The van der Waals surface area contributed by atoms with Gasteiger partial charge in [0.25, 0.3) is 0 Å². The minimum absolute atomic E-state index is 0.0659. The van der Waals surface area contributed by atoms with Crippen LogP contribution in [0, 0.1) is 0 Å². The highest BCUT2D eigenvalue weighted by molar-refractivity contribution is 5.92. The molecule has 10 N–H and O–H groups in total. The van der Waals surface area contributed by atoms with Gasteiger partial charge in [0.1, 0.15) is 30.8 Å². The molecule has 0 bridgehead atoms. The number of ether oxygens (including phenoxy) is 1. The molecule has 362 valence electrons. The number of amides is 7. The van der Waals surface area contributed by atoms with E-state index in [1.165, 1.54) is 0 Å². The molecule has 0 aliphatic rings. The van der Waals surface area contributed by atoms with Gasteiger partial charge in [-0.05, 0) is 42.4 Å². The van der Waals surface area contributed by atoms with Crippen molar-refractivity contribution in [2.75, 3.05) is 19.6 Å². The molecular formula is C47H61N7O13. The van der Waals surface area contributed by atoms with E-state index in [1.54, 1.807) is 0 Å². The van der Waals surface area contributed by atoms with Crippen LogP contribution in [0.2, 0.25) is 0 Å². The maximum absolute atomic E-state index is 13.9. The molecule has 3 aromatic rings. The third kappa shape index (κ3) is 23.3. The Kier molecular flexibility index (Phi) is 24.6. The molecule has 0 aliphatic heterocycles. The molecule has 67 heavy (non-hydrogen) atoms. The largest absolute Gasteiger partial charge is 0.481 e. The molecule has 0 aliphatic carbocycles. The number of hydrogen-bond donors (Lipinski definition) is 10. The standard InChI is InChI=1S/C47H61N7O13/c55-39(24-22-35(44(61)62)53-46(65)54-36(45(63)64)23-25-41(57)58)48-26-14-3-1-2-13-21-40(56)51-38(30-33-17-9-5-10-18-33)43(60)52-37(29-32-15-7-4-8-16-32)42(59)49-27-28-50-47(66)67-31-34-19-11-6-12-20-34/h4-12,15-20,35-38H,1-3,13-14,21-31H2,(H,48,55)(H,49,59)(H,50,66)(H,51,56)(H,52,60)(H,57,58)(H,61,62)(H,63,64)(H2,53,54,65)/t35-,36-,37-,38-/m0/s1. The van der Waals surface area contributed by atoms with Crippen LogP contribution in [0.3, 0.4) is 0 Å². The lowest BCUT2D eigenvalue weighted by molar-refractivity contribution is -0.141. The first-order chi connectivity index (χ1) is 32.2. The summed E-state index contributed by atoms with van der Waals surface area (Å²) in [7, 11) is 0. The smallest absolute Gasteiger partial charge is 0.407 e. The van der Waals surface area contributed by atoms with Gasteiger partial charge >= 0.3 is 30.0 Å². The molecule has 20 nitrogen and oxygen atoms in total. The summed E-state index contributed by atoms with van der Waals surface area (Å²) in [4.78, 5) is 111. The number of carbonyl (C=O) groups excluding carboxylic acids is 6. The third-order valence-electron chi connectivity index (χ3n) is 10.2. The van der Waals surface area contributed by atoms with Gasteiger partial charge in [0.2, 0.25) is 23.6 Å². The Labute approximate surface area is 388 Å². The van der Waals surface area contributed by atoms with Gasteiger partial charge in [-0.2, -0.15) is 0 Å². The zero-order valence-corrected chi connectivity index (χ0v) is 37.2. The Morgan fingerprint density at radius 1 is 0.448 bits per heavy atom. The molecule has 0 spiro atoms. The van der Waals surface area contributed by atoms with Crippen LogP contribution in [0.25, 0.3) is 0 Å². The topological polar surface area (TPSA) is 308 Å². The van der Waals surface area contributed by atoms with Gasteiger partial charge in [0.15, 0.2) is 0 Å². The number of rotatable bonds is 31. The van der Waals surface area contributed by atoms with Crippen molar-refractivity contribution in [3.8, 4) is 0 Å². The van der Waals surface area contributed by atoms with Crippen molar-refractivity contribution in [1.82, 2.24) is 37.2 Å². The fourth-order valence-electron chi connectivity index (χ4n) is 6.58. The Morgan fingerprint density at radius 2 is 0.940 bits per heavy atom. The predicted molar refractivity (Wildman–Crippen MR) is 243 cm³/mol. The van der Waals surface area contributed by atoms with Crippen LogP contribution in [0.5, 0.6) is 0 Å². The fourth-order valence-corrected chi connectivity index (χ4v) is 6.58. The van der Waals surface area contributed by atoms with E-state index >= 15 is 0 Å². The van der Waals surface area contributed by atoms with Crippen molar-refractivity contribution in [1.29, 1.82) is 0 Å². The normalized spacial score (nSPS) is 12.4. The first kappa shape index (κ1) is 53.8. The molecule has 3 rings (SSSR count). The summed E-state index contributed by atoms with van der Waals surface area (Å²) in [5, 5.41) is 45.3. The van der Waals surface area contributed by atoms with Crippen molar-refractivity contribution >= 4 is 53.7 Å².